The van der Waals surface area contributed by atoms with Gasteiger partial charge in [-0.25, -0.2) is 0 Å². The minimum Gasteiger partial charge on any atom is -0.491 e. The number of anilines is 1. The molecule has 1 N–H and O–H groups in total. The molecule has 0 radical (unpaired) electrons. The Morgan fingerprint density at radius 1 is 1.03 bits per heavy atom. The average molecular weight is 481 g/mol. The number of nitrogens with zero attached hydrogens (tertiary/aromatic N) is 1. The molecule has 168 valence electrons. The molecule has 0 heterocycles. The van der Waals surface area contributed by atoms with Crippen LogP contribution in [0.4, 0.5) is 5.69 Å². The summed E-state index contributed by atoms with van der Waals surface area (Å²) in [5, 5.41) is 13.2. The van der Waals surface area contributed by atoms with E-state index in [0.29, 0.717) is 21.5 Å². The molecule has 1 amide bonds. The fourth-order valence-electron chi connectivity index (χ4n) is 2.86. The van der Waals surface area contributed by atoms with E-state index in [2.05, 4.69) is 5.32 Å². The zero-order chi connectivity index (χ0) is 23.8. The summed E-state index contributed by atoms with van der Waals surface area (Å²) in [4.78, 5) is 12.5. The second-order valence-electron chi connectivity index (χ2n) is 7.41. The molecule has 0 bridgehead atoms. The van der Waals surface area contributed by atoms with E-state index < -0.39 is 5.91 Å². The Balaban J connectivity index is 1.60. The van der Waals surface area contributed by atoms with Crippen LogP contribution >= 0.6 is 23.2 Å². The molecule has 3 aromatic rings. The fourth-order valence-corrected chi connectivity index (χ4v) is 3.33. The molecule has 0 aliphatic heterocycles. The SMILES string of the molecule is CC(C)Oc1ccc(/C=C(\C#N)C(=O)Nc2ccc(OCc3ccc(Cl)cc3Cl)cc2)cc1. The lowest BCUT2D eigenvalue weighted by molar-refractivity contribution is -0.112. The van der Waals surface area contributed by atoms with Gasteiger partial charge in [0.15, 0.2) is 0 Å². The molecule has 7 heteroatoms. The second-order valence-corrected chi connectivity index (χ2v) is 8.25. The van der Waals surface area contributed by atoms with Crippen LogP contribution in [-0.4, -0.2) is 12.0 Å². The second kappa shape index (κ2) is 11.4. The summed E-state index contributed by atoms with van der Waals surface area (Å²) in [5.74, 6) is 0.839. The summed E-state index contributed by atoms with van der Waals surface area (Å²) in [6.45, 7) is 4.17. The molecule has 5 nitrogen and oxygen atoms in total. The predicted octanol–water partition coefficient (Wildman–Crippen LogP) is 6.91. The van der Waals surface area contributed by atoms with Crippen molar-refractivity contribution in [2.45, 2.75) is 26.6 Å². The van der Waals surface area contributed by atoms with Gasteiger partial charge in [-0.05, 0) is 74.0 Å². The average Bonchev–Trinajstić information content (AvgIpc) is 2.78. The molecule has 33 heavy (non-hydrogen) atoms. The van der Waals surface area contributed by atoms with Crippen molar-refractivity contribution in [2.75, 3.05) is 5.32 Å². The molecule has 3 rings (SSSR count). The number of rotatable bonds is 8. The van der Waals surface area contributed by atoms with E-state index in [1.54, 1.807) is 66.7 Å². The normalized spacial score (nSPS) is 11.1. The van der Waals surface area contributed by atoms with Gasteiger partial charge in [0.25, 0.3) is 5.91 Å². The van der Waals surface area contributed by atoms with Crippen LogP contribution in [-0.2, 0) is 11.4 Å². The third-order valence-electron chi connectivity index (χ3n) is 4.45. The zero-order valence-corrected chi connectivity index (χ0v) is 19.7. The van der Waals surface area contributed by atoms with Crippen molar-refractivity contribution in [1.29, 1.82) is 5.26 Å². The van der Waals surface area contributed by atoms with Crippen LogP contribution in [0.1, 0.15) is 25.0 Å². The third-order valence-corrected chi connectivity index (χ3v) is 5.04. The number of carbonyl (C=O) groups excluding carboxylic acids is 1. The minimum atomic E-state index is -0.498. The van der Waals surface area contributed by atoms with Crippen molar-refractivity contribution in [3.63, 3.8) is 0 Å². The number of halogens is 2. The quantitative estimate of drug-likeness (QED) is 0.281. The van der Waals surface area contributed by atoms with Gasteiger partial charge >= 0.3 is 0 Å². The highest BCUT2D eigenvalue weighted by atomic mass is 35.5. The summed E-state index contributed by atoms with van der Waals surface area (Å²) in [6, 6.07) is 21.2. The van der Waals surface area contributed by atoms with E-state index in [4.69, 9.17) is 32.7 Å². The Morgan fingerprint density at radius 2 is 1.70 bits per heavy atom. The predicted molar refractivity (Wildman–Crippen MR) is 132 cm³/mol. The maximum absolute atomic E-state index is 12.5. The molecule has 0 aliphatic carbocycles. The number of nitrogens with one attached hydrogen (secondary N) is 1. The van der Waals surface area contributed by atoms with Gasteiger partial charge in [0, 0.05) is 21.3 Å². The Bertz CT molecular complexity index is 1180. The molecule has 0 aromatic heterocycles. The number of nitriles is 1. The van der Waals surface area contributed by atoms with Crippen LogP contribution in [0.15, 0.2) is 72.3 Å². The van der Waals surface area contributed by atoms with Gasteiger partial charge in [-0.2, -0.15) is 5.26 Å². The molecule has 0 saturated heterocycles. The first-order chi connectivity index (χ1) is 15.8. The summed E-state index contributed by atoms with van der Waals surface area (Å²) in [7, 11) is 0. The molecule has 0 unspecified atom stereocenters. The highest BCUT2D eigenvalue weighted by Crippen LogP contribution is 2.24. The number of carbonyl (C=O) groups is 1. The number of hydrogen-bond donors (Lipinski definition) is 1. The highest BCUT2D eigenvalue weighted by Gasteiger charge is 2.10. The van der Waals surface area contributed by atoms with Gasteiger partial charge < -0.3 is 14.8 Å². The molecule has 0 spiro atoms. The van der Waals surface area contributed by atoms with Gasteiger partial charge in [-0.15, -0.1) is 0 Å². The van der Waals surface area contributed by atoms with Crippen LogP contribution in [0.25, 0.3) is 6.08 Å². The smallest absolute Gasteiger partial charge is 0.266 e. The van der Waals surface area contributed by atoms with Crippen molar-refractivity contribution in [2.24, 2.45) is 0 Å². The summed E-state index contributed by atoms with van der Waals surface area (Å²) in [5.41, 5.74) is 2.07. The molecule has 0 saturated carbocycles. The topological polar surface area (TPSA) is 71.3 Å². The van der Waals surface area contributed by atoms with E-state index in [1.807, 2.05) is 19.9 Å². The van der Waals surface area contributed by atoms with Crippen LogP contribution in [0, 0.1) is 11.3 Å². The van der Waals surface area contributed by atoms with Crippen LogP contribution in [0.5, 0.6) is 11.5 Å². The summed E-state index contributed by atoms with van der Waals surface area (Å²) in [6.07, 6.45) is 1.60. The fraction of sp³-hybridized carbons (Fsp3) is 0.154. The number of hydrogen-bond acceptors (Lipinski definition) is 4. The van der Waals surface area contributed by atoms with E-state index in [0.717, 1.165) is 16.9 Å². The van der Waals surface area contributed by atoms with Crippen molar-refractivity contribution in [1.82, 2.24) is 0 Å². The van der Waals surface area contributed by atoms with Gasteiger partial charge in [0.1, 0.15) is 29.7 Å². The van der Waals surface area contributed by atoms with E-state index in [9.17, 15) is 10.1 Å². The Kier molecular flexibility index (Phi) is 8.37. The Hall–Kier alpha value is -3.46. The van der Waals surface area contributed by atoms with Crippen LogP contribution < -0.4 is 14.8 Å². The number of benzene rings is 3. The lowest BCUT2D eigenvalue weighted by atomic mass is 10.1. The van der Waals surface area contributed by atoms with Crippen molar-refractivity contribution in [3.8, 4) is 17.6 Å². The van der Waals surface area contributed by atoms with E-state index >= 15 is 0 Å². The Labute approximate surface area is 203 Å². The van der Waals surface area contributed by atoms with Crippen molar-refractivity contribution < 1.29 is 14.3 Å². The largest absolute Gasteiger partial charge is 0.491 e. The molecular formula is C26H22Cl2N2O3. The van der Waals surface area contributed by atoms with Gasteiger partial charge in [0.05, 0.1) is 6.10 Å². The molecule has 0 aliphatic rings. The monoisotopic (exact) mass is 480 g/mol. The molecule has 0 atom stereocenters. The molecule has 0 fully saturated rings. The molecular weight excluding hydrogens is 459 g/mol. The standard InChI is InChI=1S/C26H22Cl2N2O3/c1-17(2)33-24-9-3-18(4-10-24)13-20(15-29)26(31)30-22-7-11-23(12-8-22)32-16-19-5-6-21(27)14-25(19)28/h3-14,17H,16H2,1-2H3,(H,30,31)/b20-13+. The van der Waals surface area contributed by atoms with Crippen LogP contribution in [0.3, 0.4) is 0 Å². The molecule has 3 aromatic carbocycles. The van der Waals surface area contributed by atoms with Gasteiger partial charge in [-0.1, -0.05) is 41.4 Å². The van der Waals surface area contributed by atoms with Crippen molar-refractivity contribution in [3.05, 3.63) is 93.5 Å². The zero-order valence-electron chi connectivity index (χ0n) is 18.1. The van der Waals surface area contributed by atoms with E-state index in [1.165, 1.54) is 6.08 Å². The van der Waals surface area contributed by atoms with Crippen molar-refractivity contribution >= 4 is 40.9 Å². The lowest BCUT2D eigenvalue weighted by Crippen LogP contribution is -2.13. The summed E-state index contributed by atoms with van der Waals surface area (Å²) >= 11 is 12.1. The minimum absolute atomic E-state index is 0.00904. The first-order valence-corrected chi connectivity index (χ1v) is 11.0. The maximum atomic E-state index is 12.5. The Morgan fingerprint density at radius 3 is 2.30 bits per heavy atom. The first-order valence-electron chi connectivity index (χ1n) is 10.2. The van der Waals surface area contributed by atoms with E-state index in [-0.39, 0.29) is 18.3 Å². The maximum Gasteiger partial charge on any atom is 0.266 e. The van der Waals surface area contributed by atoms with Gasteiger partial charge in [-0.3, -0.25) is 4.79 Å². The summed E-state index contributed by atoms with van der Waals surface area (Å²) < 4.78 is 11.3. The van der Waals surface area contributed by atoms with Crippen LogP contribution in [0.2, 0.25) is 10.0 Å². The number of amides is 1. The third kappa shape index (κ3) is 7.28. The van der Waals surface area contributed by atoms with Gasteiger partial charge in [0.2, 0.25) is 0 Å². The highest BCUT2D eigenvalue weighted by molar-refractivity contribution is 6.35. The lowest BCUT2D eigenvalue weighted by Gasteiger charge is -2.10. The number of ether oxygens (including phenoxy) is 2. The first kappa shape index (κ1) is 24.2.